The number of benzene rings is 2. The summed E-state index contributed by atoms with van der Waals surface area (Å²) < 4.78 is 5.34. The highest BCUT2D eigenvalue weighted by atomic mass is 35.5. The summed E-state index contributed by atoms with van der Waals surface area (Å²) in [5.41, 5.74) is 1.49. The molecule has 0 unspecified atom stereocenters. The molecule has 3 amide bonds. The van der Waals surface area contributed by atoms with Gasteiger partial charge in [0, 0.05) is 12.2 Å². The van der Waals surface area contributed by atoms with Crippen molar-refractivity contribution in [3.63, 3.8) is 0 Å². The number of fused-ring (bicyclic) bond motifs is 1. The van der Waals surface area contributed by atoms with E-state index in [0.717, 1.165) is 12.0 Å². The Balaban J connectivity index is 1.53. The van der Waals surface area contributed by atoms with Gasteiger partial charge in [-0.3, -0.25) is 19.3 Å². The van der Waals surface area contributed by atoms with Crippen LogP contribution in [0.3, 0.4) is 0 Å². The number of aliphatic hydroxyl groups is 2. The number of ether oxygens (including phenoxy) is 1. The molecule has 1 aliphatic heterocycles. The van der Waals surface area contributed by atoms with Crippen LogP contribution in [0, 0.1) is 0 Å². The van der Waals surface area contributed by atoms with Crippen LogP contribution in [-0.2, 0) is 16.1 Å². The summed E-state index contributed by atoms with van der Waals surface area (Å²) in [4.78, 5) is 42.0. The highest BCUT2D eigenvalue weighted by Gasteiger charge is 2.32. The van der Waals surface area contributed by atoms with E-state index in [-0.39, 0.29) is 61.3 Å². The Morgan fingerprint density at radius 2 is 1.94 bits per heavy atom. The molecule has 0 saturated heterocycles. The van der Waals surface area contributed by atoms with Crippen molar-refractivity contribution in [3.05, 3.63) is 58.6 Å². The van der Waals surface area contributed by atoms with Gasteiger partial charge in [-0.05, 0) is 49.1 Å². The van der Waals surface area contributed by atoms with Crippen molar-refractivity contribution in [1.29, 1.82) is 0 Å². The first kappa shape index (κ1) is 25.0. The minimum atomic E-state index is -0.571. The summed E-state index contributed by atoms with van der Waals surface area (Å²) in [6.07, 6.45) is 1.62. The maximum Gasteiger partial charge on any atom is 0.260 e. The van der Waals surface area contributed by atoms with Gasteiger partial charge in [-0.15, -0.1) is 0 Å². The van der Waals surface area contributed by atoms with Crippen molar-refractivity contribution in [2.45, 2.75) is 38.0 Å². The number of anilines is 1. The normalized spacial score (nSPS) is 19.8. The number of amides is 3. The second kappa shape index (κ2) is 11.1. The van der Waals surface area contributed by atoms with Gasteiger partial charge in [-0.25, -0.2) is 0 Å². The molecule has 10 heteroatoms. The van der Waals surface area contributed by atoms with Crippen LogP contribution in [-0.4, -0.2) is 71.3 Å². The van der Waals surface area contributed by atoms with Gasteiger partial charge in [0.25, 0.3) is 5.91 Å². The van der Waals surface area contributed by atoms with E-state index < -0.39 is 12.0 Å². The van der Waals surface area contributed by atoms with Crippen molar-refractivity contribution >= 4 is 35.0 Å². The van der Waals surface area contributed by atoms with Crippen LogP contribution >= 0.6 is 11.6 Å². The quantitative estimate of drug-likeness (QED) is 0.531. The van der Waals surface area contributed by atoms with Crippen molar-refractivity contribution in [2.75, 3.05) is 31.2 Å². The zero-order valence-corrected chi connectivity index (χ0v) is 19.9. The standard InChI is InChI=1S/C25H28ClN3O6/c26-19-12-17(35-11-10-30)8-9-18(19)25(34)29-15-24(33)28(13-16-4-1-2-6-21(16)29)14-23(32)27-20-5-3-7-22(20)31/h1-2,4,6,8-9,12,20,22,30-31H,3,5,7,10-11,13-15H2,(H,27,32)/t20-,22-/m0/s1. The highest BCUT2D eigenvalue weighted by Crippen LogP contribution is 2.30. The zero-order valence-electron chi connectivity index (χ0n) is 19.2. The lowest BCUT2D eigenvalue weighted by atomic mass is 10.1. The van der Waals surface area contributed by atoms with Crippen LogP contribution in [0.5, 0.6) is 5.75 Å². The lowest BCUT2D eigenvalue weighted by Crippen LogP contribution is -2.47. The van der Waals surface area contributed by atoms with Gasteiger partial charge in [0.2, 0.25) is 11.8 Å². The molecular formula is C25H28ClN3O6. The molecule has 3 N–H and O–H groups in total. The average molecular weight is 502 g/mol. The van der Waals surface area contributed by atoms with Gasteiger partial charge in [-0.2, -0.15) is 0 Å². The van der Waals surface area contributed by atoms with Crippen LogP contribution in [0.25, 0.3) is 0 Å². The van der Waals surface area contributed by atoms with E-state index in [1.54, 1.807) is 18.2 Å². The third kappa shape index (κ3) is 5.75. The van der Waals surface area contributed by atoms with Crippen molar-refractivity contribution in [3.8, 4) is 5.75 Å². The predicted molar refractivity (Wildman–Crippen MR) is 129 cm³/mol. The minimum Gasteiger partial charge on any atom is -0.491 e. The number of hydrogen-bond acceptors (Lipinski definition) is 6. The van der Waals surface area contributed by atoms with Crippen LogP contribution in [0.1, 0.15) is 35.2 Å². The second-order valence-corrected chi connectivity index (χ2v) is 9.06. The summed E-state index contributed by atoms with van der Waals surface area (Å²) in [7, 11) is 0. The molecule has 0 aromatic heterocycles. The number of nitrogens with zero attached hydrogens (tertiary/aromatic N) is 2. The van der Waals surface area contributed by atoms with E-state index >= 15 is 0 Å². The molecule has 35 heavy (non-hydrogen) atoms. The van der Waals surface area contributed by atoms with E-state index in [9.17, 15) is 19.5 Å². The number of para-hydroxylation sites is 1. The Morgan fingerprint density at radius 3 is 2.66 bits per heavy atom. The number of carbonyl (C=O) groups excluding carboxylic acids is 3. The molecule has 2 aliphatic rings. The Hall–Kier alpha value is -3.14. The molecule has 2 aromatic carbocycles. The Kier molecular flexibility index (Phi) is 7.90. The van der Waals surface area contributed by atoms with Crippen LogP contribution < -0.4 is 15.0 Å². The van der Waals surface area contributed by atoms with E-state index in [2.05, 4.69) is 5.32 Å². The first-order valence-corrected chi connectivity index (χ1v) is 11.9. The number of nitrogens with one attached hydrogen (secondary N) is 1. The molecule has 0 radical (unpaired) electrons. The van der Waals surface area contributed by atoms with Crippen molar-refractivity contribution < 1.29 is 29.3 Å². The molecule has 186 valence electrons. The fourth-order valence-corrected chi connectivity index (χ4v) is 4.70. The number of hydrogen-bond donors (Lipinski definition) is 3. The molecule has 1 saturated carbocycles. The minimum absolute atomic E-state index is 0.0980. The summed E-state index contributed by atoms with van der Waals surface area (Å²) in [5, 5.41) is 21.9. The summed E-state index contributed by atoms with van der Waals surface area (Å²) >= 11 is 6.36. The molecule has 4 rings (SSSR count). The topological polar surface area (TPSA) is 119 Å². The molecule has 0 spiro atoms. The SMILES string of the molecule is O=C(CN1Cc2ccccc2N(C(=O)c2ccc(OCCO)cc2Cl)CC1=O)N[C@H]1CCC[C@@H]1O. The molecule has 2 aromatic rings. The van der Waals surface area contributed by atoms with Crippen LogP contribution in [0.2, 0.25) is 5.02 Å². The summed E-state index contributed by atoms with van der Waals surface area (Å²) in [5.74, 6) is -0.763. The van der Waals surface area contributed by atoms with E-state index in [1.807, 2.05) is 12.1 Å². The lowest BCUT2D eigenvalue weighted by Gasteiger charge is -2.24. The third-order valence-electron chi connectivity index (χ3n) is 6.23. The smallest absolute Gasteiger partial charge is 0.260 e. The Morgan fingerprint density at radius 1 is 1.14 bits per heavy atom. The van der Waals surface area contributed by atoms with Crippen molar-refractivity contribution in [2.24, 2.45) is 0 Å². The number of rotatable bonds is 7. The molecule has 1 heterocycles. The lowest BCUT2D eigenvalue weighted by molar-refractivity contribution is -0.135. The Labute approximate surface area is 208 Å². The first-order chi connectivity index (χ1) is 16.9. The van der Waals surface area contributed by atoms with Gasteiger partial charge >= 0.3 is 0 Å². The number of aliphatic hydroxyl groups excluding tert-OH is 2. The number of carbonyl (C=O) groups is 3. The van der Waals surface area contributed by atoms with Gasteiger partial charge in [0.1, 0.15) is 18.9 Å². The van der Waals surface area contributed by atoms with Gasteiger partial charge in [0.05, 0.1) is 35.9 Å². The van der Waals surface area contributed by atoms with E-state index in [0.29, 0.717) is 24.3 Å². The van der Waals surface area contributed by atoms with Crippen LogP contribution in [0.15, 0.2) is 42.5 Å². The molecule has 0 bridgehead atoms. The van der Waals surface area contributed by atoms with Gasteiger partial charge in [0.15, 0.2) is 0 Å². The van der Waals surface area contributed by atoms with E-state index in [4.69, 9.17) is 21.4 Å². The maximum atomic E-state index is 13.5. The Bertz CT molecular complexity index is 1110. The molecule has 9 nitrogen and oxygen atoms in total. The third-order valence-corrected chi connectivity index (χ3v) is 6.54. The highest BCUT2D eigenvalue weighted by molar-refractivity contribution is 6.34. The van der Waals surface area contributed by atoms with Crippen molar-refractivity contribution in [1.82, 2.24) is 10.2 Å². The fourth-order valence-electron chi connectivity index (χ4n) is 4.45. The maximum absolute atomic E-state index is 13.5. The average Bonchev–Trinajstić information content (AvgIpc) is 3.18. The predicted octanol–water partition coefficient (Wildman–Crippen LogP) is 1.73. The molecule has 2 atom stereocenters. The number of halogens is 1. The monoisotopic (exact) mass is 501 g/mol. The second-order valence-electron chi connectivity index (χ2n) is 8.66. The first-order valence-electron chi connectivity index (χ1n) is 11.6. The van der Waals surface area contributed by atoms with Gasteiger partial charge < -0.3 is 25.2 Å². The summed E-state index contributed by atoms with van der Waals surface area (Å²) in [6, 6.07) is 11.4. The fraction of sp³-hybridized carbons (Fsp3) is 0.400. The summed E-state index contributed by atoms with van der Waals surface area (Å²) in [6.45, 7) is -0.313. The van der Waals surface area contributed by atoms with Crippen LogP contribution in [0.4, 0.5) is 5.69 Å². The van der Waals surface area contributed by atoms with E-state index in [1.165, 1.54) is 21.9 Å². The zero-order chi connectivity index (χ0) is 24.9. The largest absolute Gasteiger partial charge is 0.491 e. The molecule has 1 aliphatic carbocycles. The molecule has 1 fully saturated rings. The molecular weight excluding hydrogens is 474 g/mol. The van der Waals surface area contributed by atoms with Gasteiger partial charge in [-0.1, -0.05) is 29.8 Å².